The number of aromatic nitrogens is 2. The van der Waals surface area contributed by atoms with Gasteiger partial charge in [-0.1, -0.05) is 12.1 Å². The van der Waals surface area contributed by atoms with Gasteiger partial charge in [-0.2, -0.15) is 4.39 Å². The molecule has 0 radical (unpaired) electrons. The van der Waals surface area contributed by atoms with Gasteiger partial charge in [-0.3, -0.25) is 9.98 Å². The highest BCUT2D eigenvalue weighted by Crippen LogP contribution is 2.51. The summed E-state index contributed by atoms with van der Waals surface area (Å²) in [6, 6.07) is 10.9. The van der Waals surface area contributed by atoms with Crippen molar-refractivity contribution in [2.75, 3.05) is 26.4 Å². The first kappa shape index (κ1) is 20.0. The van der Waals surface area contributed by atoms with Crippen molar-refractivity contribution < 1.29 is 18.6 Å². The summed E-state index contributed by atoms with van der Waals surface area (Å²) in [5, 5.41) is 0. The van der Waals surface area contributed by atoms with Crippen molar-refractivity contribution in [3.63, 3.8) is 0 Å². The smallest absolute Gasteiger partial charge is 0.220 e. The second-order valence-electron chi connectivity index (χ2n) is 8.25. The quantitative estimate of drug-likeness (QED) is 0.604. The van der Waals surface area contributed by atoms with Gasteiger partial charge in [-0.25, -0.2) is 4.98 Å². The van der Waals surface area contributed by atoms with Gasteiger partial charge in [0.2, 0.25) is 5.95 Å². The molecule has 0 fully saturated rings. The maximum Gasteiger partial charge on any atom is 0.220 e. The highest BCUT2D eigenvalue weighted by molar-refractivity contribution is 5.84. The molecule has 0 saturated carbocycles. The Hall–Kier alpha value is -3.62. The lowest BCUT2D eigenvalue weighted by Gasteiger charge is -2.39. The molecule has 3 aliphatic heterocycles. The molecule has 0 bridgehead atoms. The zero-order chi connectivity index (χ0) is 22.4. The third-order valence-electron chi connectivity index (χ3n) is 6.16. The molecule has 7 nitrogen and oxygen atoms in total. The second kappa shape index (κ2) is 7.75. The molecule has 2 aromatic heterocycles. The molecule has 8 heteroatoms. The lowest BCUT2D eigenvalue weighted by molar-refractivity contribution is 0.109. The topological polar surface area (TPSA) is 91.9 Å². The number of pyridine rings is 2. The third kappa shape index (κ3) is 3.30. The number of ether oxygens (including phenoxy) is 3. The molecule has 166 valence electrons. The zero-order valence-corrected chi connectivity index (χ0v) is 17.8. The Kier molecular flexibility index (Phi) is 4.70. The van der Waals surface area contributed by atoms with E-state index in [2.05, 4.69) is 16.0 Å². The van der Waals surface area contributed by atoms with Gasteiger partial charge in [0.1, 0.15) is 23.7 Å². The highest BCUT2D eigenvalue weighted by atomic mass is 19.1. The first-order chi connectivity index (χ1) is 16.1. The molecule has 1 atom stereocenters. The van der Waals surface area contributed by atoms with Crippen molar-refractivity contribution in [2.24, 2.45) is 10.7 Å². The number of hydrogen-bond acceptors (Lipinski definition) is 7. The lowest BCUT2D eigenvalue weighted by atomic mass is 9.79. The van der Waals surface area contributed by atoms with Crippen LogP contribution in [-0.4, -0.2) is 42.2 Å². The van der Waals surface area contributed by atoms with Crippen molar-refractivity contribution in [3.8, 4) is 22.6 Å². The summed E-state index contributed by atoms with van der Waals surface area (Å²) in [7, 11) is 0. The van der Waals surface area contributed by atoms with Crippen molar-refractivity contribution in [1.29, 1.82) is 0 Å². The molecule has 3 aromatic rings. The molecule has 2 N–H and O–H groups in total. The average molecular weight is 444 g/mol. The van der Waals surface area contributed by atoms with Gasteiger partial charge in [0, 0.05) is 22.9 Å². The monoisotopic (exact) mass is 444 g/mol. The maximum absolute atomic E-state index is 14.5. The molecule has 0 saturated heterocycles. The molecular formula is C25H21FN4O3. The van der Waals surface area contributed by atoms with E-state index in [1.807, 2.05) is 18.2 Å². The van der Waals surface area contributed by atoms with Crippen LogP contribution in [0.4, 0.5) is 4.39 Å². The molecule has 5 heterocycles. The summed E-state index contributed by atoms with van der Waals surface area (Å²) in [5.74, 6) is 1.04. The standard InChI is InChI=1S/C25H21FN4O3/c26-24-17(4-1-7-28-24)15-5-6-21-18(9-15)25(14-32-13-23(27)30-25)19-10-20(29-11-22(19)33-21)16-3-2-8-31-12-16/h1,3-7,9-11H,2,8,12-14H2,(H2,27,30). The van der Waals surface area contributed by atoms with E-state index in [0.717, 1.165) is 28.8 Å². The Balaban J connectivity index is 1.56. The van der Waals surface area contributed by atoms with E-state index in [9.17, 15) is 4.39 Å². The van der Waals surface area contributed by atoms with E-state index in [1.54, 1.807) is 24.4 Å². The fraction of sp³-hybridized carbons (Fsp3) is 0.240. The first-order valence-electron chi connectivity index (χ1n) is 10.8. The van der Waals surface area contributed by atoms with Gasteiger partial charge in [-0.05, 0) is 47.9 Å². The summed E-state index contributed by atoms with van der Waals surface area (Å²) in [6.07, 6.45) is 6.11. The van der Waals surface area contributed by atoms with Crippen LogP contribution in [0.15, 0.2) is 59.9 Å². The average Bonchev–Trinajstić information content (AvgIpc) is 2.85. The van der Waals surface area contributed by atoms with E-state index in [4.69, 9.17) is 24.9 Å². The van der Waals surface area contributed by atoms with E-state index in [0.29, 0.717) is 41.7 Å². The van der Waals surface area contributed by atoms with Crippen LogP contribution in [0.25, 0.3) is 16.7 Å². The number of nitrogens with two attached hydrogens (primary N) is 1. The summed E-state index contributed by atoms with van der Waals surface area (Å²) < 4.78 is 32.2. The fourth-order valence-electron chi connectivity index (χ4n) is 4.62. The predicted octanol–water partition coefficient (Wildman–Crippen LogP) is 3.82. The van der Waals surface area contributed by atoms with Crippen molar-refractivity contribution in [3.05, 3.63) is 77.6 Å². The molecule has 6 rings (SSSR count). The largest absolute Gasteiger partial charge is 0.455 e. The third-order valence-corrected chi connectivity index (χ3v) is 6.16. The van der Waals surface area contributed by atoms with Crippen LogP contribution in [0.5, 0.6) is 11.5 Å². The first-order valence-corrected chi connectivity index (χ1v) is 10.8. The summed E-state index contributed by atoms with van der Waals surface area (Å²) in [5.41, 5.74) is 9.68. The zero-order valence-electron chi connectivity index (χ0n) is 17.8. The number of hydrogen-bond donors (Lipinski definition) is 1. The van der Waals surface area contributed by atoms with Crippen LogP contribution < -0.4 is 10.5 Å². The molecule has 0 aliphatic carbocycles. The van der Waals surface area contributed by atoms with Crippen LogP contribution >= 0.6 is 0 Å². The van der Waals surface area contributed by atoms with Crippen LogP contribution in [-0.2, 0) is 15.0 Å². The minimum Gasteiger partial charge on any atom is -0.455 e. The Morgan fingerprint density at radius 1 is 1.00 bits per heavy atom. The van der Waals surface area contributed by atoms with Gasteiger partial charge < -0.3 is 19.9 Å². The summed E-state index contributed by atoms with van der Waals surface area (Å²) >= 11 is 0. The Morgan fingerprint density at radius 3 is 2.73 bits per heavy atom. The lowest BCUT2D eigenvalue weighted by Crippen LogP contribution is -2.42. The Bertz CT molecular complexity index is 1320. The minimum absolute atomic E-state index is 0.251. The number of amidine groups is 1. The van der Waals surface area contributed by atoms with Gasteiger partial charge in [0.05, 0.1) is 31.7 Å². The fourth-order valence-corrected chi connectivity index (χ4v) is 4.62. The molecule has 1 aromatic carbocycles. The molecule has 3 aliphatic rings. The molecule has 0 amide bonds. The maximum atomic E-state index is 14.5. The normalized spacial score (nSPS) is 21.5. The highest BCUT2D eigenvalue weighted by Gasteiger charge is 2.45. The SMILES string of the molecule is NC1=NC2(COC1)c1cc(-c3cccnc3F)ccc1Oc1cnc(C3=CCCOC3)cc12. The van der Waals surface area contributed by atoms with Gasteiger partial charge in [-0.15, -0.1) is 0 Å². The van der Waals surface area contributed by atoms with Crippen LogP contribution in [0.2, 0.25) is 0 Å². The van der Waals surface area contributed by atoms with Crippen LogP contribution in [0, 0.1) is 5.95 Å². The number of rotatable bonds is 2. The molecule has 1 spiro atoms. The molecule has 1 unspecified atom stereocenters. The number of fused-ring (bicyclic) bond motifs is 4. The predicted molar refractivity (Wildman–Crippen MR) is 121 cm³/mol. The van der Waals surface area contributed by atoms with Crippen molar-refractivity contribution >= 4 is 11.4 Å². The number of nitrogens with zero attached hydrogens (tertiary/aromatic N) is 3. The molecular weight excluding hydrogens is 423 g/mol. The van der Waals surface area contributed by atoms with E-state index < -0.39 is 11.5 Å². The number of aliphatic imine (C=N–C) groups is 1. The van der Waals surface area contributed by atoms with E-state index in [-0.39, 0.29) is 13.2 Å². The summed E-state index contributed by atoms with van der Waals surface area (Å²) in [6.45, 7) is 1.73. The van der Waals surface area contributed by atoms with E-state index in [1.165, 1.54) is 6.20 Å². The van der Waals surface area contributed by atoms with E-state index >= 15 is 0 Å². The van der Waals surface area contributed by atoms with Crippen molar-refractivity contribution in [2.45, 2.75) is 12.0 Å². The van der Waals surface area contributed by atoms with Gasteiger partial charge in [0.25, 0.3) is 0 Å². The van der Waals surface area contributed by atoms with Crippen LogP contribution in [0.3, 0.4) is 0 Å². The Labute approximate surface area is 189 Å². The minimum atomic E-state index is -0.937. The van der Waals surface area contributed by atoms with Gasteiger partial charge in [0.15, 0.2) is 5.75 Å². The van der Waals surface area contributed by atoms with Crippen molar-refractivity contribution in [1.82, 2.24) is 9.97 Å². The Morgan fingerprint density at radius 2 is 1.91 bits per heavy atom. The van der Waals surface area contributed by atoms with Crippen LogP contribution in [0.1, 0.15) is 23.2 Å². The number of benzene rings is 1. The molecule has 33 heavy (non-hydrogen) atoms. The summed E-state index contributed by atoms with van der Waals surface area (Å²) in [4.78, 5) is 13.3. The van der Waals surface area contributed by atoms with Gasteiger partial charge >= 0.3 is 0 Å². The second-order valence-corrected chi connectivity index (χ2v) is 8.25. The number of halogens is 1.